The van der Waals surface area contributed by atoms with Crippen LogP contribution in [0, 0.1) is 0 Å². The van der Waals surface area contributed by atoms with Crippen LogP contribution in [0.3, 0.4) is 0 Å². The van der Waals surface area contributed by atoms with Crippen molar-refractivity contribution in [3.05, 3.63) is 42.2 Å². The fourth-order valence-electron chi connectivity index (χ4n) is 1.08. The molecule has 5 heteroatoms. The molecular formula is C10H12O4S. The average molecular weight is 228 g/mol. The molecular weight excluding hydrogens is 216 g/mol. The van der Waals surface area contributed by atoms with Gasteiger partial charge < -0.3 is 4.74 Å². The number of allylic oxidation sites excluding steroid dienone is 1. The summed E-state index contributed by atoms with van der Waals surface area (Å²) in [5.41, 5.74) is 0.940. The number of hydrogen-bond donors (Lipinski definition) is 1. The molecule has 0 bridgehead atoms. The van der Waals surface area contributed by atoms with Crippen LogP contribution in [0.2, 0.25) is 0 Å². The molecule has 1 rings (SSSR count). The van der Waals surface area contributed by atoms with Gasteiger partial charge >= 0.3 is 0 Å². The van der Waals surface area contributed by atoms with Crippen LogP contribution in [-0.2, 0) is 21.3 Å². The number of methoxy groups -OCH3 is 1. The minimum absolute atomic E-state index is 0.0954. The van der Waals surface area contributed by atoms with Crippen molar-refractivity contribution in [1.82, 2.24) is 0 Å². The maximum Gasteiger partial charge on any atom is 0.294 e. The molecule has 0 aliphatic rings. The highest BCUT2D eigenvalue weighted by molar-refractivity contribution is 7.85. The van der Waals surface area contributed by atoms with E-state index >= 15 is 0 Å². The molecule has 0 aromatic heterocycles. The molecule has 82 valence electrons. The van der Waals surface area contributed by atoms with E-state index in [2.05, 4.69) is 0 Å². The van der Waals surface area contributed by atoms with Gasteiger partial charge in [-0.25, -0.2) is 0 Å². The van der Waals surface area contributed by atoms with Gasteiger partial charge in [0.2, 0.25) is 0 Å². The fourth-order valence-corrected chi connectivity index (χ4v) is 1.56. The van der Waals surface area contributed by atoms with Crippen LogP contribution < -0.4 is 0 Å². The first-order valence-electron chi connectivity index (χ1n) is 4.28. The van der Waals surface area contributed by atoms with Crippen LogP contribution in [0.4, 0.5) is 0 Å². The largest absolute Gasteiger partial charge is 0.505 e. The summed E-state index contributed by atoms with van der Waals surface area (Å²) in [6, 6.07) is 6.02. The van der Waals surface area contributed by atoms with Gasteiger partial charge in [-0.1, -0.05) is 12.1 Å². The lowest BCUT2D eigenvalue weighted by Gasteiger charge is -1.99. The summed E-state index contributed by atoms with van der Waals surface area (Å²) in [5, 5.41) is 0. The van der Waals surface area contributed by atoms with Crippen molar-refractivity contribution in [3.63, 3.8) is 0 Å². The SMILES string of the molecule is COC=CCc1ccc(S(=O)(=O)O)cc1. The number of hydrogen-bond acceptors (Lipinski definition) is 3. The molecule has 0 spiro atoms. The summed E-state index contributed by atoms with van der Waals surface area (Å²) < 4.78 is 34.9. The molecule has 0 saturated carbocycles. The Hall–Kier alpha value is -1.33. The van der Waals surface area contributed by atoms with Crippen LogP contribution in [0.25, 0.3) is 0 Å². The molecule has 0 heterocycles. The van der Waals surface area contributed by atoms with Gasteiger partial charge in [-0.15, -0.1) is 0 Å². The van der Waals surface area contributed by atoms with Crippen molar-refractivity contribution in [1.29, 1.82) is 0 Å². The van der Waals surface area contributed by atoms with E-state index in [-0.39, 0.29) is 4.90 Å². The first-order chi connectivity index (χ1) is 7.04. The normalized spacial score (nSPS) is 11.9. The molecule has 0 amide bonds. The summed E-state index contributed by atoms with van der Waals surface area (Å²) in [5.74, 6) is 0. The Morgan fingerprint density at radius 2 is 1.93 bits per heavy atom. The van der Waals surface area contributed by atoms with Crippen molar-refractivity contribution in [2.45, 2.75) is 11.3 Å². The summed E-state index contributed by atoms with van der Waals surface area (Å²) in [4.78, 5) is -0.0954. The minimum atomic E-state index is -4.09. The Balaban J connectivity index is 2.77. The van der Waals surface area contributed by atoms with Gasteiger partial charge in [0.05, 0.1) is 18.3 Å². The maximum absolute atomic E-state index is 10.7. The van der Waals surface area contributed by atoms with Gasteiger partial charge in [-0.2, -0.15) is 8.42 Å². The van der Waals surface area contributed by atoms with Crippen molar-refractivity contribution in [3.8, 4) is 0 Å². The van der Waals surface area contributed by atoms with Gasteiger partial charge in [0, 0.05) is 0 Å². The first kappa shape index (κ1) is 11.7. The Kier molecular flexibility index (Phi) is 3.88. The van der Waals surface area contributed by atoms with E-state index in [9.17, 15) is 8.42 Å². The van der Waals surface area contributed by atoms with Crippen molar-refractivity contribution in [2.24, 2.45) is 0 Å². The van der Waals surface area contributed by atoms with Gasteiger partial charge in [0.25, 0.3) is 10.1 Å². The quantitative estimate of drug-likeness (QED) is 0.628. The zero-order chi connectivity index (χ0) is 11.3. The van der Waals surface area contributed by atoms with Crippen LogP contribution in [0.5, 0.6) is 0 Å². The Labute approximate surface area is 88.9 Å². The molecule has 1 N–H and O–H groups in total. The van der Waals surface area contributed by atoms with E-state index in [4.69, 9.17) is 9.29 Å². The standard InChI is InChI=1S/C10H12O4S/c1-14-8-2-3-9-4-6-10(7-5-9)15(11,12)13/h2,4-8H,3H2,1H3,(H,11,12,13). The number of benzene rings is 1. The van der Waals surface area contributed by atoms with E-state index in [0.29, 0.717) is 6.42 Å². The molecule has 4 nitrogen and oxygen atoms in total. The smallest absolute Gasteiger partial charge is 0.294 e. The predicted octanol–water partition coefficient (Wildman–Crippen LogP) is 1.64. The monoisotopic (exact) mass is 228 g/mol. The predicted molar refractivity (Wildman–Crippen MR) is 56.1 cm³/mol. The zero-order valence-corrected chi connectivity index (χ0v) is 9.07. The summed E-state index contributed by atoms with van der Waals surface area (Å²) in [6.45, 7) is 0. The topological polar surface area (TPSA) is 63.6 Å². The summed E-state index contributed by atoms with van der Waals surface area (Å²) in [7, 11) is -2.53. The van der Waals surface area contributed by atoms with Crippen LogP contribution in [0.1, 0.15) is 5.56 Å². The van der Waals surface area contributed by atoms with E-state index in [1.54, 1.807) is 25.5 Å². The lowest BCUT2D eigenvalue weighted by atomic mass is 10.1. The Morgan fingerprint density at radius 3 is 2.40 bits per heavy atom. The molecule has 15 heavy (non-hydrogen) atoms. The first-order valence-corrected chi connectivity index (χ1v) is 5.72. The molecule has 0 aliphatic heterocycles. The third-order valence-electron chi connectivity index (χ3n) is 1.81. The molecule has 0 fully saturated rings. The molecule has 1 aromatic carbocycles. The molecule has 0 radical (unpaired) electrons. The fraction of sp³-hybridized carbons (Fsp3) is 0.200. The zero-order valence-electron chi connectivity index (χ0n) is 8.25. The van der Waals surface area contributed by atoms with E-state index in [1.165, 1.54) is 12.1 Å². The van der Waals surface area contributed by atoms with Crippen molar-refractivity contribution in [2.75, 3.05) is 7.11 Å². The molecule has 1 aromatic rings. The Morgan fingerprint density at radius 1 is 1.33 bits per heavy atom. The van der Waals surface area contributed by atoms with Gasteiger partial charge in [0.1, 0.15) is 0 Å². The highest BCUT2D eigenvalue weighted by Crippen LogP contribution is 2.10. The molecule has 0 atom stereocenters. The van der Waals surface area contributed by atoms with Crippen LogP contribution >= 0.6 is 0 Å². The van der Waals surface area contributed by atoms with Gasteiger partial charge in [-0.3, -0.25) is 4.55 Å². The van der Waals surface area contributed by atoms with Crippen molar-refractivity contribution < 1.29 is 17.7 Å². The third kappa shape index (κ3) is 3.73. The highest BCUT2D eigenvalue weighted by Gasteiger charge is 2.07. The lowest BCUT2D eigenvalue weighted by molar-refractivity contribution is 0.337. The summed E-state index contributed by atoms with van der Waals surface area (Å²) in [6.07, 6.45) is 4.01. The lowest BCUT2D eigenvalue weighted by Crippen LogP contribution is -1.97. The third-order valence-corrected chi connectivity index (χ3v) is 2.67. The number of ether oxygens (including phenoxy) is 1. The highest BCUT2D eigenvalue weighted by atomic mass is 32.2. The molecule has 0 unspecified atom stereocenters. The van der Waals surface area contributed by atoms with E-state index in [1.807, 2.05) is 6.08 Å². The average Bonchev–Trinajstić information content (AvgIpc) is 2.18. The van der Waals surface area contributed by atoms with E-state index < -0.39 is 10.1 Å². The minimum Gasteiger partial charge on any atom is -0.505 e. The molecule has 0 aliphatic carbocycles. The summed E-state index contributed by atoms with van der Waals surface area (Å²) >= 11 is 0. The van der Waals surface area contributed by atoms with E-state index in [0.717, 1.165) is 5.56 Å². The second-order valence-corrected chi connectivity index (χ2v) is 4.35. The van der Waals surface area contributed by atoms with Gasteiger partial charge in [0.15, 0.2) is 0 Å². The Bertz CT molecular complexity index is 431. The van der Waals surface area contributed by atoms with Crippen molar-refractivity contribution >= 4 is 10.1 Å². The second kappa shape index (κ2) is 4.95. The maximum atomic E-state index is 10.7. The van der Waals surface area contributed by atoms with Crippen LogP contribution in [0.15, 0.2) is 41.5 Å². The second-order valence-electron chi connectivity index (χ2n) is 2.93. The molecule has 0 saturated heterocycles. The number of rotatable bonds is 4. The van der Waals surface area contributed by atoms with Gasteiger partial charge in [-0.05, 0) is 30.2 Å². The van der Waals surface area contributed by atoms with Crippen LogP contribution in [-0.4, -0.2) is 20.1 Å².